The van der Waals surface area contributed by atoms with Gasteiger partial charge in [0.05, 0.1) is 18.9 Å². The lowest BCUT2D eigenvalue weighted by molar-refractivity contribution is -0.130. The number of benzene rings is 2. The van der Waals surface area contributed by atoms with Crippen molar-refractivity contribution in [2.24, 2.45) is 5.10 Å². The van der Waals surface area contributed by atoms with E-state index in [4.69, 9.17) is 9.47 Å². The molecule has 0 aliphatic carbocycles. The van der Waals surface area contributed by atoms with E-state index in [1.807, 2.05) is 6.07 Å². The van der Waals surface area contributed by atoms with Gasteiger partial charge in [-0.25, -0.2) is 10.2 Å². The van der Waals surface area contributed by atoms with Gasteiger partial charge in [-0.1, -0.05) is 24.3 Å². The van der Waals surface area contributed by atoms with Crippen LogP contribution in [0.2, 0.25) is 0 Å². The Morgan fingerprint density at radius 2 is 1.88 bits per heavy atom. The molecule has 3 rings (SSSR count). The summed E-state index contributed by atoms with van der Waals surface area (Å²) in [4.78, 5) is 23.4. The summed E-state index contributed by atoms with van der Waals surface area (Å²) in [6, 6.07) is 13.8. The van der Waals surface area contributed by atoms with Gasteiger partial charge in [0.15, 0.2) is 11.5 Å². The smallest absolute Gasteiger partial charge is 0.337 e. The first kappa shape index (κ1) is 16.5. The number of hydrogen-bond acceptors (Lipinski definition) is 6. The molecule has 0 spiro atoms. The highest BCUT2D eigenvalue weighted by atomic mass is 16.6. The molecular weight excluding hydrogens is 324 g/mol. The lowest BCUT2D eigenvalue weighted by Crippen LogP contribution is -2.42. The van der Waals surface area contributed by atoms with E-state index < -0.39 is 18.0 Å². The number of fused-ring (bicyclic) bond motifs is 1. The van der Waals surface area contributed by atoms with Crippen LogP contribution in [0, 0.1) is 0 Å². The van der Waals surface area contributed by atoms with Crippen LogP contribution in [0.4, 0.5) is 0 Å². The summed E-state index contributed by atoms with van der Waals surface area (Å²) < 4.78 is 15.7. The summed E-state index contributed by atoms with van der Waals surface area (Å²) in [5.41, 5.74) is 3.58. The van der Waals surface area contributed by atoms with Gasteiger partial charge in [0.2, 0.25) is 6.10 Å². The standard InChI is InChI=1S/C18H16N2O5/c1-23-18(22)13-8-6-12(7-9-13)10-19-20-17(21)16-11-24-14-4-2-3-5-15(14)25-16/h2-10,16H,11H2,1H3,(H,20,21)/b19-10+. The molecule has 2 aromatic carbocycles. The molecule has 0 radical (unpaired) electrons. The van der Waals surface area contributed by atoms with E-state index in [0.29, 0.717) is 17.1 Å². The zero-order valence-electron chi connectivity index (χ0n) is 13.5. The zero-order valence-corrected chi connectivity index (χ0v) is 13.5. The van der Waals surface area contributed by atoms with Gasteiger partial charge in [-0.2, -0.15) is 5.10 Å². The molecule has 1 unspecified atom stereocenters. The van der Waals surface area contributed by atoms with Crippen molar-refractivity contribution in [2.75, 3.05) is 13.7 Å². The second kappa shape index (κ2) is 7.48. The first-order valence-corrected chi connectivity index (χ1v) is 7.57. The maximum Gasteiger partial charge on any atom is 0.337 e. The van der Waals surface area contributed by atoms with Gasteiger partial charge in [-0.15, -0.1) is 0 Å². The van der Waals surface area contributed by atoms with Gasteiger partial charge in [-0.3, -0.25) is 4.79 Å². The van der Waals surface area contributed by atoms with Crippen molar-refractivity contribution in [1.82, 2.24) is 5.43 Å². The highest BCUT2D eigenvalue weighted by Crippen LogP contribution is 2.30. The Hall–Kier alpha value is -3.35. The second-order valence-electron chi connectivity index (χ2n) is 5.21. The number of ether oxygens (including phenoxy) is 3. The van der Waals surface area contributed by atoms with Crippen LogP contribution in [0.1, 0.15) is 15.9 Å². The Kier molecular flexibility index (Phi) is 4.94. The Balaban J connectivity index is 1.55. The summed E-state index contributed by atoms with van der Waals surface area (Å²) in [6.07, 6.45) is 0.699. The van der Waals surface area contributed by atoms with Crippen LogP contribution in [0.25, 0.3) is 0 Å². The molecule has 1 atom stereocenters. The molecule has 7 nitrogen and oxygen atoms in total. The zero-order chi connectivity index (χ0) is 17.6. The average Bonchev–Trinajstić information content (AvgIpc) is 2.67. The predicted octanol–water partition coefficient (Wildman–Crippen LogP) is 1.76. The van der Waals surface area contributed by atoms with Crippen molar-refractivity contribution < 1.29 is 23.8 Å². The summed E-state index contributed by atoms with van der Waals surface area (Å²) in [6.45, 7) is 0.117. The summed E-state index contributed by atoms with van der Waals surface area (Å²) in [7, 11) is 1.32. The van der Waals surface area contributed by atoms with E-state index >= 15 is 0 Å². The Bertz CT molecular complexity index is 801. The van der Waals surface area contributed by atoms with E-state index in [1.54, 1.807) is 42.5 Å². The van der Waals surface area contributed by atoms with Gasteiger partial charge in [0.25, 0.3) is 5.91 Å². The van der Waals surface area contributed by atoms with Crippen molar-refractivity contribution >= 4 is 18.1 Å². The molecule has 0 saturated carbocycles. The molecule has 1 heterocycles. The average molecular weight is 340 g/mol. The minimum Gasteiger partial charge on any atom is -0.485 e. The fraction of sp³-hybridized carbons (Fsp3) is 0.167. The summed E-state index contributed by atoms with van der Waals surface area (Å²) in [5, 5.41) is 3.89. The van der Waals surface area contributed by atoms with Crippen molar-refractivity contribution in [3.63, 3.8) is 0 Å². The van der Waals surface area contributed by atoms with E-state index in [0.717, 1.165) is 5.56 Å². The predicted molar refractivity (Wildman–Crippen MR) is 89.9 cm³/mol. The Morgan fingerprint density at radius 1 is 1.16 bits per heavy atom. The molecule has 0 fully saturated rings. The minimum atomic E-state index is -0.770. The first-order chi connectivity index (χ1) is 12.2. The summed E-state index contributed by atoms with van der Waals surface area (Å²) >= 11 is 0. The molecule has 0 aromatic heterocycles. The maximum atomic E-state index is 12.1. The molecule has 128 valence electrons. The van der Waals surface area contributed by atoms with E-state index in [9.17, 15) is 9.59 Å². The fourth-order valence-corrected chi connectivity index (χ4v) is 2.21. The van der Waals surface area contributed by atoms with Gasteiger partial charge >= 0.3 is 5.97 Å². The number of amides is 1. The van der Waals surface area contributed by atoms with Gasteiger partial charge in [0, 0.05) is 0 Å². The van der Waals surface area contributed by atoms with Crippen LogP contribution < -0.4 is 14.9 Å². The molecular formula is C18H16N2O5. The number of nitrogens with one attached hydrogen (secondary N) is 1. The molecule has 0 bridgehead atoms. The number of nitrogens with zero attached hydrogens (tertiary/aromatic N) is 1. The number of carbonyl (C=O) groups is 2. The normalized spacial score (nSPS) is 15.6. The molecule has 1 amide bonds. The van der Waals surface area contributed by atoms with Gasteiger partial charge < -0.3 is 14.2 Å². The Morgan fingerprint density at radius 3 is 2.60 bits per heavy atom. The summed E-state index contributed by atoms with van der Waals surface area (Å²) in [5.74, 6) is 0.320. The first-order valence-electron chi connectivity index (χ1n) is 7.57. The van der Waals surface area contributed by atoms with Crippen LogP contribution in [0.5, 0.6) is 11.5 Å². The number of esters is 1. The van der Waals surface area contributed by atoms with E-state index in [-0.39, 0.29) is 6.61 Å². The van der Waals surface area contributed by atoms with Crippen LogP contribution in [-0.4, -0.2) is 37.9 Å². The SMILES string of the molecule is COC(=O)c1ccc(/C=N/NC(=O)C2COc3ccccc3O2)cc1. The van der Waals surface area contributed by atoms with Crippen LogP contribution in [0.3, 0.4) is 0 Å². The van der Waals surface area contributed by atoms with Crippen molar-refractivity contribution in [3.05, 3.63) is 59.7 Å². The van der Waals surface area contributed by atoms with Crippen LogP contribution in [-0.2, 0) is 9.53 Å². The number of rotatable bonds is 4. The quantitative estimate of drug-likeness (QED) is 0.521. The van der Waals surface area contributed by atoms with Crippen molar-refractivity contribution in [3.8, 4) is 11.5 Å². The third-order valence-corrected chi connectivity index (χ3v) is 3.52. The van der Waals surface area contributed by atoms with Gasteiger partial charge in [0.1, 0.15) is 6.61 Å². The van der Waals surface area contributed by atoms with Gasteiger partial charge in [-0.05, 0) is 29.8 Å². The molecule has 1 aliphatic rings. The molecule has 2 aromatic rings. The van der Waals surface area contributed by atoms with Crippen molar-refractivity contribution in [2.45, 2.75) is 6.10 Å². The number of carbonyl (C=O) groups excluding carboxylic acids is 2. The van der Waals surface area contributed by atoms with Crippen LogP contribution in [0.15, 0.2) is 53.6 Å². The highest BCUT2D eigenvalue weighted by Gasteiger charge is 2.26. The minimum absolute atomic E-state index is 0.117. The topological polar surface area (TPSA) is 86.2 Å². The number of methoxy groups -OCH3 is 1. The number of para-hydroxylation sites is 2. The maximum absolute atomic E-state index is 12.1. The van der Waals surface area contributed by atoms with Crippen LogP contribution >= 0.6 is 0 Å². The third kappa shape index (κ3) is 3.95. The molecule has 25 heavy (non-hydrogen) atoms. The lowest BCUT2D eigenvalue weighted by Gasteiger charge is -2.24. The number of hydrogen-bond donors (Lipinski definition) is 1. The molecule has 1 N–H and O–H groups in total. The van der Waals surface area contributed by atoms with E-state index in [1.165, 1.54) is 13.3 Å². The second-order valence-corrected chi connectivity index (χ2v) is 5.21. The third-order valence-electron chi connectivity index (χ3n) is 3.52. The van der Waals surface area contributed by atoms with E-state index in [2.05, 4.69) is 15.3 Å². The van der Waals surface area contributed by atoms with Crippen molar-refractivity contribution in [1.29, 1.82) is 0 Å². The fourth-order valence-electron chi connectivity index (χ4n) is 2.21. The molecule has 0 saturated heterocycles. The number of hydrazone groups is 1. The largest absolute Gasteiger partial charge is 0.485 e. The Labute approximate surface area is 144 Å². The highest BCUT2D eigenvalue weighted by molar-refractivity contribution is 5.91. The lowest BCUT2D eigenvalue weighted by atomic mass is 10.1. The molecule has 7 heteroatoms. The monoisotopic (exact) mass is 340 g/mol. The molecule has 1 aliphatic heterocycles.